The minimum absolute atomic E-state index is 0.108. The lowest BCUT2D eigenvalue weighted by atomic mass is 9.91. The van der Waals surface area contributed by atoms with E-state index in [-0.39, 0.29) is 17.6 Å². The first-order valence-electron chi connectivity index (χ1n) is 7.43. The van der Waals surface area contributed by atoms with Gasteiger partial charge in [0.2, 0.25) is 0 Å². The lowest BCUT2D eigenvalue weighted by Crippen LogP contribution is -2.04. The topological polar surface area (TPSA) is 0 Å². The summed E-state index contributed by atoms with van der Waals surface area (Å²) in [6, 6.07) is 3.76. The summed E-state index contributed by atoms with van der Waals surface area (Å²) in [5.41, 5.74) is 1.59. The fraction of sp³-hybridized carbons (Fsp3) is 0.368. The molecule has 0 N–H and O–H groups in total. The van der Waals surface area contributed by atoms with Crippen LogP contribution in [-0.2, 0) is 0 Å². The van der Waals surface area contributed by atoms with Gasteiger partial charge >= 0.3 is 0 Å². The molecule has 0 amide bonds. The van der Waals surface area contributed by atoms with E-state index < -0.39 is 0 Å². The van der Waals surface area contributed by atoms with Crippen LogP contribution in [0.3, 0.4) is 0 Å². The molecule has 1 aliphatic rings. The van der Waals surface area contributed by atoms with Crippen molar-refractivity contribution >= 4 is 0 Å². The van der Waals surface area contributed by atoms with Crippen molar-refractivity contribution in [2.24, 2.45) is 11.8 Å². The predicted molar refractivity (Wildman–Crippen MR) is 84.1 cm³/mol. The van der Waals surface area contributed by atoms with Gasteiger partial charge in [0.25, 0.3) is 0 Å². The molecule has 2 rings (SSSR count). The summed E-state index contributed by atoms with van der Waals surface area (Å²) in [6.45, 7) is 9.88. The van der Waals surface area contributed by atoms with Gasteiger partial charge in [-0.2, -0.15) is 0 Å². The van der Waals surface area contributed by atoms with E-state index in [0.29, 0.717) is 17.4 Å². The molecule has 1 saturated carbocycles. The van der Waals surface area contributed by atoms with Crippen LogP contribution in [0.1, 0.15) is 37.7 Å². The van der Waals surface area contributed by atoms with Gasteiger partial charge in [0.05, 0.1) is 0 Å². The molecule has 1 fully saturated rings. The fourth-order valence-corrected chi connectivity index (χ4v) is 3.31. The van der Waals surface area contributed by atoms with Gasteiger partial charge in [-0.1, -0.05) is 43.9 Å². The lowest BCUT2D eigenvalue weighted by molar-refractivity contribution is 0.419. The number of allylic oxidation sites excluding steroid dienone is 4. The molecule has 0 aromatic heterocycles. The van der Waals surface area contributed by atoms with E-state index in [1.165, 1.54) is 18.2 Å². The van der Waals surface area contributed by atoms with Crippen molar-refractivity contribution in [2.45, 2.75) is 32.1 Å². The molecule has 112 valence electrons. The summed E-state index contributed by atoms with van der Waals surface area (Å²) < 4.78 is 27.2. The first kappa shape index (κ1) is 15.7. The first-order chi connectivity index (χ1) is 10.0. The van der Waals surface area contributed by atoms with Crippen molar-refractivity contribution in [1.82, 2.24) is 0 Å². The third-order valence-electron chi connectivity index (χ3n) is 4.44. The largest absolute Gasteiger partial charge is 0.207 e. The van der Waals surface area contributed by atoms with Crippen LogP contribution in [0.2, 0.25) is 0 Å². The maximum absolute atomic E-state index is 13.9. The third-order valence-corrected chi connectivity index (χ3v) is 4.44. The number of hydrogen-bond donors (Lipinski definition) is 0. The Kier molecular flexibility index (Phi) is 5.11. The van der Waals surface area contributed by atoms with E-state index in [1.54, 1.807) is 6.08 Å². The van der Waals surface area contributed by atoms with E-state index >= 15 is 0 Å². The summed E-state index contributed by atoms with van der Waals surface area (Å²) in [5.74, 6) is 0.420. The predicted octanol–water partition coefficient (Wildman–Crippen LogP) is 5.78. The molecule has 0 heterocycles. The molecule has 0 bridgehead atoms. The molecule has 0 nitrogen and oxygen atoms in total. The minimum atomic E-state index is -0.360. The van der Waals surface area contributed by atoms with Gasteiger partial charge < -0.3 is 0 Å². The van der Waals surface area contributed by atoms with E-state index in [1.807, 2.05) is 12.2 Å². The van der Waals surface area contributed by atoms with Crippen molar-refractivity contribution in [3.8, 4) is 0 Å². The second-order valence-electron chi connectivity index (χ2n) is 6.03. The van der Waals surface area contributed by atoms with Gasteiger partial charge in [-0.05, 0) is 60.8 Å². The van der Waals surface area contributed by atoms with Crippen molar-refractivity contribution in [1.29, 1.82) is 0 Å². The highest BCUT2D eigenvalue weighted by molar-refractivity contribution is 5.25. The molecular weight excluding hydrogens is 266 g/mol. The van der Waals surface area contributed by atoms with Crippen LogP contribution in [0, 0.1) is 23.5 Å². The Bertz CT molecular complexity index is 557. The summed E-state index contributed by atoms with van der Waals surface area (Å²) in [5, 5.41) is 0. The van der Waals surface area contributed by atoms with Crippen LogP contribution in [0.25, 0.3) is 0 Å². The van der Waals surface area contributed by atoms with E-state index in [4.69, 9.17) is 0 Å². The average Bonchev–Trinajstić information content (AvgIpc) is 2.80. The summed E-state index contributed by atoms with van der Waals surface area (Å²) in [7, 11) is 0. The van der Waals surface area contributed by atoms with Crippen molar-refractivity contribution in [3.05, 3.63) is 72.4 Å². The van der Waals surface area contributed by atoms with Crippen LogP contribution in [0.5, 0.6) is 0 Å². The average molecular weight is 288 g/mol. The standard InChI is InChI=1S/C19H22F2/c1-4-5-6-13(2)9-15-11-16(10-14(15)3)18-12-17(20)7-8-19(18)21/h4-8,12,14-16H,1-2,9-11H2,3H3. The Balaban J connectivity index is 2.07. The molecule has 0 aliphatic heterocycles. The molecule has 1 aromatic carbocycles. The highest BCUT2D eigenvalue weighted by atomic mass is 19.1. The lowest BCUT2D eigenvalue weighted by Gasteiger charge is -2.15. The van der Waals surface area contributed by atoms with Gasteiger partial charge in [-0.3, -0.25) is 0 Å². The van der Waals surface area contributed by atoms with Crippen molar-refractivity contribution in [3.63, 3.8) is 0 Å². The van der Waals surface area contributed by atoms with Crippen molar-refractivity contribution < 1.29 is 8.78 Å². The highest BCUT2D eigenvalue weighted by Crippen LogP contribution is 2.45. The van der Waals surface area contributed by atoms with E-state index in [2.05, 4.69) is 20.1 Å². The van der Waals surface area contributed by atoms with Gasteiger partial charge in [0, 0.05) is 0 Å². The van der Waals surface area contributed by atoms with Gasteiger partial charge in [0.1, 0.15) is 11.6 Å². The maximum atomic E-state index is 13.9. The molecule has 2 heteroatoms. The Morgan fingerprint density at radius 3 is 2.81 bits per heavy atom. The van der Waals surface area contributed by atoms with Crippen LogP contribution in [-0.4, -0.2) is 0 Å². The molecule has 0 spiro atoms. The normalized spacial score (nSPS) is 25.4. The Hall–Kier alpha value is -1.70. The Morgan fingerprint density at radius 1 is 1.33 bits per heavy atom. The summed E-state index contributed by atoms with van der Waals surface area (Å²) in [4.78, 5) is 0. The summed E-state index contributed by atoms with van der Waals surface area (Å²) >= 11 is 0. The first-order valence-corrected chi connectivity index (χ1v) is 7.43. The number of halogens is 2. The van der Waals surface area contributed by atoms with Crippen LogP contribution < -0.4 is 0 Å². The summed E-state index contributed by atoms with van der Waals surface area (Å²) in [6.07, 6.45) is 8.28. The Labute approximate surface area is 125 Å². The smallest absolute Gasteiger partial charge is 0.126 e. The van der Waals surface area contributed by atoms with Crippen LogP contribution in [0.15, 0.2) is 55.2 Å². The van der Waals surface area contributed by atoms with Gasteiger partial charge in [0.15, 0.2) is 0 Å². The molecule has 1 aromatic rings. The zero-order chi connectivity index (χ0) is 15.4. The van der Waals surface area contributed by atoms with Crippen LogP contribution in [0.4, 0.5) is 8.78 Å². The van der Waals surface area contributed by atoms with Crippen LogP contribution >= 0.6 is 0 Å². The zero-order valence-corrected chi connectivity index (χ0v) is 12.5. The minimum Gasteiger partial charge on any atom is -0.207 e. The fourth-order valence-electron chi connectivity index (χ4n) is 3.31. The highest BCUT2D eigenvalue weighted by Gasteiger charge is 2.33. The van der Waals surface area contributed by atoms with E-state index in [0.717, 1.165) is 24.8 Å². The maximum Gasteiger partial charge on any atom is 0.126 e. The van der Waals surface area contributed by atoms with Gasteiger partial charge in [-0.15, -0.1) is 0 Å². The van der Waals surface area contributed by atoms with E-state index in [9.17, 15) is 8.78 Å². The number of rotatable bonds is 5. The molecule has 3 unspecified atom stereocenters. The molecule has 21 heavy (non-hydrogen) atoms. The van der Waals surface area contributed by atoms with Gasteiger partial charge in [-0.25, -0.2) is 8.78 Å². The molecule has 1 aliphatic carbocycles. The third kappa shape index (κ3) is 3.90. The molecule has 3 atom stereocenters. The van der Waals surface area contributed by atoms with Crippen molar-refractivity contribution in [2.75, 3.05) is 0 Å². The molecular formula is C19H22F2. The Morgan fingerprint density at radius 2 is 2.10 bits per heavy atom. The quantitative estimate of drug-likeness (QED) is 0.602. The monoisotopic (exact) mass is 288 g/mol. The SMILES string of the molecule is C=CC=CC(=C)CC1CC(c2cc(F)ccc2F)CC1C. The molecule has 0 saturated heterocycles. The molecule has 0 radical (unpaired) electrons. The second kappa shape index (κ2) is 6.84. The number of hydrogen-bond acceptors (Lipinski definition) is 0. The second-order valence-corrected chi connectivity index (χ2v) is 6.03. The zero-order valence-electron chi connectivity index (χ0n) is 12.5. The number of benzene rings is 1.